The Bertz CT molecular complexity index is 728. The second-order valence-corrected chi connectivity index (χ2v) is 6.37. The lowest BCUT2D eigenvalue weighted by Gasteiger charge is -2.31. The number of anilines is 3. The van der Waals surface area contributed by atoms with E-state index in [1.807, 2.05) is 42.5 Å². The number of para-hydroxylation sites is 1. The van der Waals surface area contributed by atoms with Crippen molar-refractivity contribution in [2.24, 2.45) is 11.8 Å². The number of benzene rings is 2. The molecule has 1 saturated carbocycles. The Morgan fingerprint density at radius 1 is 0.800 bits per heavy atom. The Hall–Kier alpha value is -2.82. The molecule has 2 aromatic carbocycles. The zero-order valence-electron chi connectivity index (χ0n) is 13.9. The number of carbonyl (C=O) groups is 2. The number of nitrogens with one attached hydrogen (secondary N) is 2. The fourth-order valence-corrected chi connectivity index (χ4v) is 3.29. The molecule has 5 nitrogen and oxygen atoms in total. The summed E-state index contributed by atoms with van der Waals surface area (Å²) in [5, 5.41) is 17.3. The van der Waals surface area contributed by atoms with Gasteiger partial charge in [-0.2, -0.15) is 0 Å². The molecule has 0 bridgehead atoms. The van der Waals surface area contributed by atoms with Gasteiger partial charge in [0.05, 0.1) is 0 Å². The lowest BCUT2D eigenvalue weighted by atomic mass is 9.78. The van der Waals surface area contributed by atoms with Crippen LogP contribution in [0.4, 0.5) is 17.1 Å². The van der Waals surface area contributed by atoms with E-state index in [1.165, 1.54) is 0 Å². The van der Waals surface area contributed by atoms with Crippen LogP contribution in [0.15, 0.2) is 54.6 Å². The van der Waals surface area contributed by atoms with Crippen LogP contribution in [-0.2, 0) is 9.59 Å². The van der Waals surface area contributed by atoms with E-state index in [9.17, 15) is 14.7 Å². The highest BCUT2D eigenvalue weighted by Crippen LogP contribution is 2.31. The molecule has 1 fully saturated rings. The second kappa shape index (κ2) is 7.83. The molecule has 0 aromatic heterocycles. The summed E-state index contributed by atoms with van der Waals surface area (Å²) in [6, 6.07) is 17.2. The standard InChI is InChI=1S/C20H22N2O3/c23-19(17-8-4-5-9-18(17)20(24)25)22-16-12-10-15(11-13-16)21-14-6-2-1-3-7-14/h1-3,6-7,10-13,17-18,21H,4-5,8-9H2,(H,22,23)(H,24,25)/p-1. The fraction of sp³-hybridized carbons (Fsp3) is 0.300. The van der Waals surface area contributed by atoms with Gasteiger partial charge in [0, 0.05) is 34.9 Å². The minimum Gasteiger partial charge on any atom is -0.550 e. The summed E-state index contributed by atoms with van der Waals surface area (Å²) >= 11 is 0. The highest BCUT2D eigenvalue weighted by molar-refractivity contribution is 5.95. The first-order valence-corrected chi connectivity index (χ1v) is 8.57. The monoisotopic (exact) mass is 337 g/mol. The molecule has 5 heteroatoms. The van der Waals surface area contributed by atoms with E-state index >= 15 is 0 Å². The predicted molar refractivity (Wildman–Crippen MR) is 95.3 cm³/mol. The van der Waals surface area contributed by atoms with Gasteiger partial charge in [0.15, 0.2) is 0 Å². The lowest BCUT2D eigenvalue weighted by molar-refractivity contribution is -0.313. The average Bonchev–Trinajstić information content (AvgIpc) is 2.64. The summed E-state index contributed by atoms with van der Waals surface area (Å²) in [5.74, 6) is -2.56. The van der Waals surface area contributed by atoms with Crippen molar-refractivity contribution >= 4 is 28.9 Å². The summed E-state index contributed by atoms with van der Waals surface area (Å²) in [6.07, 6.45) is 2.82. The number of aliphatic carboxylic acids is 1. The molecule has 2 atom stereocenters. The van der Waals surface area contributed by atoms with Gasteiger partial charge in [-0.1, -0.05) is 31.0 Å². The predicted octanol–water partition coefficient (Wildman–Crippen LogP) is 2.93. The van der Waals surface area contributed by atoms with Crippen LogP contribution in [0.3, 0.4) is 0 Å². The van der Waals surface area contributed by atoms with Crippen LogP contribution in [0.25, 0.3) is 0 Å². The maximum atomic E-state index is 12.4. The van der Waals surface area contributed by atoms with E-state index in [0.29, 0.717) is 18.5 Å². The third-order valence-electron chi connectivity index (χ3n) is 4.62. The van der Waals surface area contributed by atoms with E-state index in [-0.39, 0.29) is 5.91 Å². The number of rotatable bonds is 5. The van der Waals surface area contributed by atoms with Crippen molar-refractivity contribution in [2.45, 2.75) is 25.7 Å². The number of hydrogen-bond donors (Lipinski definition) is 2. The summed E-state index contributed by atoms with van der Waals surface area (Å²) in [5.41, 5.74) is 2.55. The van der Waals surface area contributed by atoms with Gasteiger partial charge in [0.2, 0.25) is 5.91 Å². The minimum absolute atomic E-state index is 0.238. The molecule has 0 heterocycles. The van der Waals surface area contributed by atoms with E-state index in [1.54, 1.807) is 12.1 Å². The Morgan fingerprint density at radius 2 is 1.36 bits per heavy atom. The van der Waals surface area contributed by atoms with Crippen molar-refractivity contribution in [1.29, 1.82) is 0 Å². The van der Waals surface area contributed by atoms with E-state index in [2.05, 4.69) is 10.6 Å². The van der Waals surface area contributed by atoms with Gasteiger partial charge in [-0.15, -0.1) is 0 Å². The summed E-state index contributed by atoms with van der Waals surface area (Å²) in [6.45, 7) is 0. The molecule has 2 N–H and O–H groups in total. The molecule has 0 saturated heterocycles. The van der Waals surface area contributed by atoms with Crippen LogP contribution < -0.4 is 15.7 Å². The van der Waals surface area contributed by atoms with Crippen LogP contribution in [-0.4, -0.2) is 11.9 Å². The van der Waals surface area contributed by atoms with Crippen LogP contribution >= 0.6 is 0 Å². The van der Waals surface area contributed by atoms with Crippen molar-refractivity contribution in [3.8, 4) is 0 Å². The van der Waals surface area contributed by atoms with E-state index in [4.69, 9.17) is 0 Å². The summed E-state index contributed by atoms with van der Waals surface area (Å²) in [4.78, 5) is 23.7. The largest absolute Gasteiger partial charge is 0.550 e. The van der Waals surface area contributed by atoms with Crippen LogP contribution in [0.2, 0.25) is 0 Å². The first-order valence-electron chi connectivity index (χ1n) is 8.57. The van der Waals surface area contributed by atoms with Gasteiger partial charge in [-0.05, 0) is 49.2 Å². The number of carbonyl (C=O) groups excluding carboxylic acids is 2. The number of carboxylic acid groups (broad SMARTS) is 1. The maximum absolute atomic E-state index is 12.4. The smallest absolute Gasteiger partial charge is 0.228 e. The Balaban J connectivity index is 1.62. The molecule has 0 spiro atoms. The topological polar surface area (TPSA) is 81.3 Å². The van der Waals surface area contributed by atoms with Crippen molar-refractivity contribution in [2.75, 3.05) is 10.6 Å². The highest BCUT2D eigenvalue weighted by Gasteiger charge is 2.31. The minimum atomic E-state index is -1.12. The number of hydrogen-bond acceptors (Lipinski definition) is 4. The van der Waals surface area contributed by atoms with E-state index in [0.717, 1.165) is 24.2 Å². The van der Waals surface area contributed by atoms with Crippen molar-refractivity contribution in [1.82, 2.24) is 0 Å². The Labute approximate surface area is 147 Å². The fourth-order valence-electron chi connectivity index (χ4n) is 3.29. The quantitative estimate of drug-likeness (QED) is 0.879. The van der Waals surface area contributed by atoms with Crippen LogP contribution in [0.5, 0.6) is 0 Å². The molecule has 0 aliphatic heterocycles. The van der Waals surface area contributed by atoms with Crippen LogP contribution in [0.1, 0.15) is 25.7 Å². The number of carboxylic acids is 1. The van der Waals surface area contributed by atoms with Gasteiger partial charge >= 0.3 is 0 Å². The maximum Gasteiger partial charge on any atom is 0.228 e. The molecule has 0 radical (unpaired) electrons. The lowest BCUT2D eigenvalue weighted by Crippen LogP contribution is -2.42. The van der Waals surface area contributed by atoms with Gasteiger partial charge < -0.3 is 20.5 Å². The molecule has 3 rings (SSSR count). The molecular weight excluding hydrogens is 316 g/mol. The number of amides is 1. The average molecular weight is 337 g/mol. The van der Waals surface area contributed by atoms with Crippen molar-refractivity contribution in [3.63, 3.8) is 0 Å². The first kappa shape index (κ1) is 17.0. The summed E-state index contributed by atoms with van der Waals surface area (Å²) in [7, 11) is 0. The Morgan fingerprint density at radius 3 is 2.00 bits per heavy atom. The molecular formula is C20H21N2O3-. The third-order valence-corrected chi connectivity index (χ3v) is 4.62. The van der Waals surface area contributed by atoms with Gasteiger partial charge in [-0.3, -0.25) is 4.79 Å². The zero-order valence-corrected chi connectivity index (χ0v) is 13.9. The molecule has 2 unspecified atom stereocenters. The Kier molecular flexibility index (Phi) is 5.33. The van der Waals surface area contributed by atoms with Gasteiger partial charge in [-0.25, -0.2) is 0 Å². The molecule has 1 amide bonds. The summed E-state index contributed by atoms with van der Waals surface area (Å²) < 4.78 is 0. The third kappa shape index (κ3) is 4.38. The molecule has 2 aromatic rings. The molecule has 25 heavy (non-hydrogen) atoms. The molecule has 130 valence electrons. The van der Waals surface area contributed by atoms with E-state index < -0.39 is 17.8 Å². The van der Waals surface area contributed by atoms with Gasteiger partial charge in [0.1, 0.15) is 0 Å². The molecule has 1 aliphatic rings. The van der Waals surface area contributed by atoms with Crippen molar-refractivity contribution < 1.29 is 14.7 Å². The highest BCUT2D eigenvalue weighted by atomic mass is 16.4. The normalized spacial score (nSPS) is 19.8. The molecule has 1 aliphatic carbocycles. The van der Waals surface area contributed by atoms with Gasteiger partial charge in [0.25, 0.3) is 0 Å². The SMILES string of the molecule is O=C([O-])C1CCCCC1C(=O)Nc1ccc(Nc2ccccc2)cc1. The second-order valence-electron chi connectivity index (χ2n) is 6.37. The van der Waals surface area contributed by atoms with Crippen molar-refractivity contribution in [3.05, 3.63) is 54.6 Å². The first-order chi connectivity index (χ1) is 12.1. The zero-order chi connectivity index (χ0) is 17.6. The van der Waals surface area contributed by atoms with Crippen LogP contribution in [0, 0.1) is 11.8 Å².